The van der Waals surface area contributed by atoms with E-state index in [2.05, 4.69) is 20.4 Å². The van der Waals surface area contributed by atoms with Crippen molar-refractivity contribution < 1.29 is 23.8 Å². The number of amides is 1. The Hall–Kier alpha value is -2.34. The Labute approximate surface area is 179 Å². The number of para-hydroxylation sites is 1. The predicted octanol–water partition coefficient (Wildman–Crippen LogP) is 4.19. The standard InChI is InChI=1S/C24H33NO5/c1-5-17-15-22(29-6-2)16(3)21(30-17)11-12-23(26)25-14-13-19(24(27)28-4)18-9-7-8-10-20(18)25/h6-10,16-17,19,21-22H,2,5,11-15H2,1,3-4H3/t16-,17-,19?,21-,22+/m1/s1. The second-order valence-electron chi connectivity index (χ2n) is 8.15. The molecule has 1 amide bonds. The van der Waals surface area contributed by atoms with Gasteiger partial charge in [0.15, 0.2) is 0 Å². The van der Waals surface area contributed by atoms with Gasteiger partial charge in [-0.15, -0.1) is 0 Å². The number of rotatable bonds is 7. The lowest BCUT2D eigenvalue weighted by atomic mass is 9.86. The van der Waals surface area contributed by atoms with Crippen LogP contribution in [0.4, 0.5) is 5.69 Å². The van der Waals surface area contributed by atoms with Crippen molar-refractivity contribution >= 4 is 17.6 Å². The minimum absolute atomic E-state index is 0.0274. The number of fused-ring (bicyclic) bond motifs is 1. The number of benzene rings is 1. The van der Waals surface area contributed by atoms with Crippen LogP contribution < -0.4 is 4.90 Å². The average Bonchev–Trinajstić information content (AvgIpc) is 2.78. The molecule has 3 rings (SSSR count). The Morgan fingerprint density at radius 2 is 2.10 bits per heavy atom. The van der Waals surface area contributed by atoms with Crippen molar-refractivity contribution in [2.45, 2.75) is 70.2 Å². The third-order valence-electron chi connectivity index (χ3n) is 6.44. The summed E-state index contributed by atoms with van der Waals surface area (Å²) in [6.07, 6.45) is 5.06. The van der Waals surface area contributed by atoms with E-state index >= 15 is 0 Å². The van der Waals surface area contributed by atoms with Gasteiger partial charge >= 0.3 is 5.97 Å². The maximum atomic E-state index is 13.1. The van der Waals surface area contributed by atoms with Gasteiger partial charge in [-0.3, -0.25) is 9.59 Å². The molecule has 1 aromatic carbocycles. The Balaban J connectivity index is 1.68. The van der Waals surface area contributed by atoms with Gasteiger partial charge in [-0.25, -0.2) is 0 Å². The molecule has 0 aliphatic carbocycles. The van der Waals surface area contributed by atoms with Gasteiger partial charge in [0.1, 0.15) is 6.10 Å². The zero-order valence-electron chi connectivity index (χ0n) is 18.2. The fourth-order valence-electron chi connectivity index (χ4n) is 4.65. The minimum atomic E-state index is -0.320. The topological polar surface area (TPSA) is 65.1 Å². The summed E-state index contributed by atoms with van der Waals surface area (Å²) in [5, 5.41) is 0. The number of carbonyl (C=O) groups excluding carboxylic acids is 2. The molecule has 30 heavy (non-hydrogen) atoms. The van der Waals surface area contributed by atoms with Crippen LogP contribution >= 0.6 is 0 Å². The number of ether oxygens (including phenoxy) is 3. The van der Waals surface area contributed by atoms with Gasteiger partial charge < -0.3 is 19.1 Å². The van der Waals surface area contributed by atoms with Crippen LogP contribution in [-0.4, -0.2) is 43.8 Å². The molecule has 6 heteroatoms. The molecule has 1 unspecified atom stereocenters. The summed E-state index contributed by atoms with van der Waals surface area (Å²) < 4.78 is 16.9. The monoisotopic (exact) mass is 415 g/mol. The van der Waals surface area contributed by atoms with Crippen LogP contribution in [0, 0.1) is 5.92 Å². The molecule has 164 valence electrons. The molecule has 6 nitrogen and oxygen atoms in total. The number of carbonyl (C=O) groups is 2. The summed E-state index contributed by atoms with van der Waals surface area (Å²) in [5.41, 5.74) is 1.66. The molecule has 0 aromatic heterocycles. The zero-order chi connectivity index (χ0) is 21.7. The molecule has 2 aliphatic heterocycles. The van der Waals surface area contributed by atoms with Gasteiger partial charge in [0, 0.05) is 31.0 Å². The lowest BCUT2D eigenvalue weighted by Crippen LogP contribution is -2.44. The number of nitrogens with zero attached hydrogens (tertiary/aromatic N) is 1. The van der Waals surface area contributed by atoms with Gasteiger partial charge in [-0.1, -0.05) is 38.6 Å². The van der Waals surface area contributed by atoms with E-state index in [1.54, 1.807) is 4.90 Å². The Morgan fingerprint density at radius 3 is 2.80 bits per heavy atom. The Bertz CT molecular complexity index is 764. The second kappa shape index (κ2) is 10.1. The number of esters is 1. The van der Waals surface area contributed by atoms with Crippen LogP contribution in [0.5, 0.6) is 0 Å². The lowest BCUT2D eigenvalue weighted by Gasteiger charge is -2.40. The second-order valence-corrected chi connectivity index (χ2v) is 8.15. The highest BCUT2D eigenvalue weighted by Gasteiger charge is 2.37. The molecule has 0 radical (unpaired) electrons. The summed E-state index contributed by atoms with van der Waals surface area (Å²) >= 11 is 0. The molecule has 2 aliphatic rings. The van der Waals surface area contributed by atoms with Crippen molar-refractivity contribution in [1.29, 1.82) is 0 Å². The van der Waals surface area contributed by atoms with E-state index in [-0.39, 0.29) is 42.0 Å². The molecular weight excluding hydrogens is 382 g/mol. The van der Waals surface area contributed by atoms with Gasteiger partial charge in [0.25, 0.3) is 0 Å². The fourth-order valence-corrected chi connectivity index (χ4v) is 4.65. The van der Waals surface area contributed by atoms with Gasteiger partial charge in [-0.05, 0) is 30.9 Å². The normalized spacial score (nSPS) is 28.4. The highest BCUT2D eigenvalue weighted by molar-refractivity contribution is 5.96. The first-order valence-corrected chi connectivity index (χ1v) is 10.9. The summed E-state index contributed by atoms with van der Waals surface area (Å²) in [6, 6.07) is 7.61. The molecule has 0 N–H and O–H groups in total. The average molecular weight is 416 g/mol. The van der Waals surface area contributed by atoms with Crippen molar-refractivity contribution in [3.63, 3.8) is 0 Å². The van der Waals surface area contributed by atoms with Gasteiger partial charge in [0.2, 0.25) is 5.91 Å². The van der Waals surface area contributed by atoms with E-state index in [1.807, 2.05) is 24.3 Å². The molecule has 0 bridgehead atoms. The first-order chi connectivity index (χ1) is 14.5. The highest BCUT2D eigenvalue weighted by Crippen LogP contribution is 2.37. The highest BCUT2D eigenvalue weighted by atomic mass is 16.5. The number of hydrogen-bond donors (Lipinski definition) is 0. The van der Waals surface area contributed by atoms with Crippen LogP contribution in [0.25, 0.3) is 0 Å². The van der Waals surface area contributed by atoms with E-state index in [9.17, 15) is 9.59 Å². The van der Waals surface area contributed by atoms with E-state index in [4.69, 9.17) is 14.2 Å². The van der Waals surface area contributed by atoms with Crippen molar-refractivity contribution in [2.24, 2.45) is 5.92 Å². The Morgan fingerprint density at radius 1 is 1.33 bits per heavy atom. The molecule has 0 saturated carbocycles. The third kappa shape index (κ3) is 4.69. The summed E-state index contributed by atoms with van der Waals surface area (Å²) in [7, 11) is 1.40. The summed E-state index contributed by atoms with van der Waals surface area (Å²) in [6.45, 7) is 8.42. The predicted molar refractivity (Wildman–Crippen MR) is 115 cm³/mol. The maximum absolute atomic E-state index is 13.1. The first kappa shape index (κ1) is 22.3. The largest absolute Gasteiger partial charge is 0.498 e. The molecular formula is C24H33NO5. The van der Waals surface area contributed by atoms with Crippen LogP contribution in [0.2, 0.25) is 0 Å². The minimum Gasteiger partial charge on any atom is -0.498 e. The van der Waals surface area contributed by atoms with E-state index < -0.39 is 0 Å². The molecule has 0 spiro atoms. The van der Waals surface area contributed by atoms with Crippen molar-refractivity contribution in [2.75, 3.05) is 18.6 Å². The van der Waals surface area contributed by atoms with E-state index in [0.717, 1.165) is 24.1 Å². The van der Waals surface area contributed by atoms with Crippen LogP contribution in [0.3, 0.4) is 0 Å². The quantitative estimate of drug-likeness (QED) is 0.493. The molecule has 1 saturated heterocycles. The summed E-state index contributed by atoms with van der Waals surface area (Å²) in [5.74, 6) is -0.325. The third-order valence-corrected chi connectivity index (χ3v) is 6.44. The molecule has 1 fully saturated rings. The van der Waals surface area contributed by atoms with Crippen LogP contribution in [0.15, 0.2) is 37.1 Å². The van der Waals surface area contributed by atoms with Crippen molar-refractivity contribution in [1.82, 2.24) is 0 Å². The van der Waals surface area contributed by atoms with E-state index in [1.165, 1.54) is 13.4 Å². The smallest absolute Gasteiger partial charge is 0.313 e. The first-order valence-electron chi connectivity index (χ1n) is 10.9. The number of methoxy groups -OCH3 is 1. The van der Waals surface area contributed by atoms with Crippen molar-refractivity contribution in [3.05, 3.63) is 42.7 Å². The Kier molecular flexibility index (Phi) is 7.53. The molecule has 1 aromatic rings. The van der Waals surface area contributed by atoms with Gasteiger partial charge in [-0.2, -0.15) is 0 Å². The lowest BCUT2D eigenvalue weighted by molar-refractivity contribution is -0.143. The molecule has 2 heterocycles. The van der Waals surface area contributed by atoms with Gasteiger partial charge in [0.05, 0.1) is 31.5 Å². The van der Waals surface area contributed by atoms with E-state index in [0.29, 0.717) is 25.8 Å². The maximum Gasteiger partial charge on any atom is 0.313 e. The SMILES string of the molecule is C=CO[C@H]1C[C@@H](CC)O[C@H](CCC(=O)N2CCC(C(=O)OC)c3ccccc32)[C@H]1C. The zero-order valence-corrected chi connectivity index (χ0v) is 18.2. The van der Waals surface area contributed by atoms with Crippen molar-refractivity contribution in [3.8, 4) is 0 Å². The molecule has 5 atom stereocenters. The van der Waals surface area contributed by atoms with Crippen LogP contribution in [-0.2, 0) is 23.8 Å². The summed E-state index contributed by atoms with van der Waals surface area (Å²) in [4.78, 5) is 27.1. The van der Waals surface area contributed by atoms with Crippen LogP contribution in [0.1, 0.15) is 57.4 Å². The number of anilines is 1. The fraction of sp³-hybridized carbons (Fsp3) is 0.583. The number of hydrogen-bond acceptors (Lipinski definition) is 5.